The number of methoxy groups -OCH3 is 1. The van der Waals surface area contributed by atoms with Crippen molar-refractivity contribution in [3.05, 3.63) is 77.4 Å². The lowest BCUT2D eigenvalue weighted by molar-refractivity contribution is -0.122. The number of aryl methyl sites for hydroxylation is 3. The molecule has 0 spiro atoms. The van der Waals surface area contributed by atoms with Gasteiger partial charge in [-0.05, 0) is 92.9 Å². The third-order valence-corrected chi connectivity index (χ3v) is 6.57. The predicted octanol–water partition coefficient (Wildman–Crippen LogP) is 4.83. The average molecular weight is 469 g/mol. The normalized spacial score (nSPS) is 12.0. The van der Waals surface area contributed by atoms with E-state index < -0.39 is 16.1 Å². The molecule has 0 fully saturated rings. The molecule has 7 nitrogen and oxygen atoms in total. The maximum absolute atomic E-state index is 12.8. The highest BCUT2D eigenvalue weighted by atomic mass is 32.2. The summed E-state index contributed by atoms with van der Waals surface area (Å²) >= 11 is 0. The Morgan fingerprint density at radius 1 is 0.909 bits per heavy atom. The van der Waals surface area contributed by atoms with Gasteiger partial charge in [0.1, 0.15) is 11.5 Å². The minimum absolute atomic E-state index is 0.0588. The summed E-state index contributed by atoms with van der Waals surface area (Å²) < 4.78 is 39.1. The molecule has 0 saturated heterocycles. The number of carbonyl (C=O) groups is 1. The van der Waals surface area contributed by atoms with Crippen LogP contribution in [-0.4, -0.2) is 27.5 Å². The Kier molecular flexibility index (Phi) is 7.28. The van der Waals surface area contributed by atoms with Crippen LogP contribution in [-0.2, 0) is 14.8 Å². The number of sulfonamides is 1. The number of benzene rings is 3. The minimum Gasteiger partial charge on any atom is -0.495 e. The van der Waals surface area contributed by atoms with Gasteiger partial charge < -0.3 is 14.8 Å². The molecule has 0 aliphatic carbocycles. The predicted molar refractivity (Wildman–Crippen MR) is 130 cm³/mol. The highest BCUT2D eigenvalue weighted by Crippen LogP contribution is 2.28. The van der Waals surface area contributed by atoms with Crippen molar-refractivity contribution in [2.45, 2.75) is 38.7 Å². The van der Waals surface area contributed by atoms with Gasteiger partial charge in [-0.1, -0.05) is 12.1 Å². The summed E-state index contributed by atoms with van der Waals surface area (Å²) in [6.07, 6.45) is -0.731. The second kappa shape index (κ2) is 9.95. The number of carbonyl (C=O) groups excluding carboxylic acids is 1. The van der Waals surface area contributed by atoms with Crippen LogP contribution in [0.25, 0.3) is 0 Å². The van der Waals surface area contributed by atoms with Crippen LogP contribution in [0.15, 0.2) is 65.6 Å². The van der Waals surface area contributed by atoms with Gasteiger partial charge in [-0.25, -0.2) is 8.42 Å². The molecule has 1 atom stereocenters. The van der Waals surface area contributed by atoms with Gasteiger partial charge in [0.15, 0.2) is 6.10 Å². The van der Waals surface area contributed by atoms with Crippen molar-refractivity contribution in [1.29, 1.82) is 0 Å². The summed E-state index contributed by atoms with van der Waals surface area (Å²) in [5.41, 5.74) is 3.93. The lowest BCUT2D eigenvalue weighted by Gasteiger charge is -2.16. The zero-order valence-electron chi connectivity index (χ0n) is 19.3. The van der Waals surface area contributed by atoms with Gasteiger partial charge in [0, 0.05) is 5.69 Å². The molecular weight excluding hydrogens is 440 g/mol. The van der Waals surface area contributed by atoms with Gasteiger partial charge in [-0.3, -0.25) is 9.52 Å². The van der Waals surface area contributed by atoms with Gasteiger partial charge >= 0.3 is 0 Å². The third-order valence-electron chi connectivity index (χ3n) is 5.19. The first kappa shape index (κ1) is 24.1. The molecule has 174 valence electrons. The van der Waals surface area contributed by atoms with Gasteiger partial charge in [-0.15, -0.1) is 0 Å². The van der Waals surface area contributed by atoms with E-state index in [0.29, 0.717) is 22.9 Å². The van der Waals surface area contributed by atoms with Gasteiger partial charge in [0.25, 0.3) is 15.9 Å². The molecule has 0 radical (unpaired) electrons. The highest BCUT2D eigenvalue weighted by molar-refractivity contribution is 7.92. The smallest absolute Gasteiger partial charge is 0.265 e. The van der Waals surface area contributed by atoms with Crippen LogP contribution in [0.1, 0.15) is 23.6 Å². The van der Waals surface area contributed by atoms with E-state index in [-0.39, 0.29) is 10.8 Å². The van der Waals surface area contributed by atoms with Crippen LogP contribution < -0.4 is 19.5 Å². The zero-order valence-corrected chi connectivity index (χ0v) is 20.1. The van der Waals surface area contributed by atoms with Crippen LogP contribution in [0.2, 0.25) is 0 Å². The van der Waals surface area contributed by atoms with E-state index in [4.69, 9.17) is 9.47 Å². The van der Waals surface area contributed by atoms with Crippen molar-refractivity contribution in [3.63, 3.8) is 0 Å². The molecule has 0 aromatic heterocycles. The first-order valence-electron chi connectivity index (χ1n) is 10.4. The quantitative estimate of drug-likeness (QED) is 0.494. The van der Waals surface area contributed by atoms with Crippen LogP contribution in [0, 0.1) is 20.8 Å². The van der Waals surface area contributed by atoms with Gasteiger partial charge in [0.05, 0.1) is 17.7 Å². The second-order valence-corrected chi connectivity index (χ2v) is 9.51. The lowest BCUT2D eigenvalue weighted by Crippen LogP contribution is -2.30. The number of ether oxygens (including phenoxy) is 2. The van der Waals surface area contributed by atoms with Crippen LogP contribution in [0.3, 0.4) is 0 Å². The molecule has 3 rings (SSSR count). The summed E-state index contributed by atoms with van der Waals surface area (Å²) in [5.74, 6) is 0.692. The first-order valence-corrected chi connectivity index (χ1v) is 11.9. The van der Waals surface area contributed by atoms with Crippen molar-refractivity contribution >= 4 is 27.3 Å². The SMILES string of the molecule is COc1ccc(C)cc1NS(=O)(=O)c1ccc(NC(=O)[C@@H](C)Oc2ccc(C)c(C)c2)cc1. The van der Waals surface area contributed by atoms with E-state index in [1.165, 1.54) is 31.4 Å². The Bertz CT molecular complexity index is 1250. The second-order valence-electron chi connectivity index (χ2n) is 7.83. The summed E-state index contributed by atoms with van der Waals surface area (Å²) in [6.45, 7) is 7.50. The number of rotatable bonds is 8. The Morgan fingerprint density at radius 2 is 1.61 bits per heavy atom. The van der Waals surface area contributed by atoms with E-state index in [1.807, 2.05) is 45.0 Å². The Balaban J connectivity index is 1.67. The summed E-state index contributed by atoms with van der Waals surface area (Å²) in [7, 11) is -2.36. The average Bonchev–Trinajstić information content (AvgIpc) is 2.76. The highest BCUT2D eigenvalue weighted by Gasteiger charge is 2.18. The van der Waals surface area contributed by atoms with Crippen molar-refractivity contribution in [1.82, 2.24) is 0 Å². The van der Waals surface area contributed by atoms with Crippen LogP contribution in [0.4, 0.5) is 11.4 Å². The maximum Gasteiger partial charge on any atom is 0.265 e. The Hall–Kier alpha value is -3.52. The standard InChI is InChI=1S/C25H28N2O5S/c1-16-6-13-24(31-5)23(14-16)27-33(29,30)22-11-8-20(9-12-22)26-25(28)19(4)32-21-10-7-17(2)18(3)15-21/h6-15,19,27H,1-5H3,(H,26,28)/t19-/m1/s1. The molecule has 0 aliphatic rings. The Labute approximate surface area is 194 Å². The van der Waals surface area contributed by atoms with Gasteiger partial charge in [-0.2, -0.15) is 0 Å². The molecule has 0 aliphatic heterocycles. The fourth-order valence-corrected chi connectivity index (χ4v) is 4.17. The fraction of sp³-hybridized carbons (Fsp3) is 0.240. The van der Waals surface area contributed by atoms with E-state index in [9.17, 15) is 13.2 Å². The lowest BCUT2D eigenvalue weighted by atomic mass is 10.1. The topological polar surface area (TPSA) is 93.7 Å². The zero-order chi connectivity index (χ0) is 24.2. The van der Waals surface area contributed by atoms with Gasteiger partial charge in [0.2, 0.25) is 0 Å². The molecule has 0 bridgehead atoms. The molecule has 1 amide bonds. The molecule has 3 aromatic carbocycles. The summed E-state index contributed by atoms with van der Waals surface area (Å²) in [6, 6.07) is 16.8. The molecule has 0 saturated carbocycles. The maximum atomic E-state index is 12.8. The number of anilines is 2. The Morgan fingerprint density at radius 3 is 2.24 bits per heavy atom. The number of amides is 1. The van der Waals surface area contributed by atoms with Crippen molar-refractivity contribution < 1.29 is 22.7 Å². The van der Waals surface area contributed by atoms with E-state index in [0.717, 1.165) is 16.7 Å². The molecule has 2 N–H and O–H groups in total. The molecular formula is C25H28N2O5S. The summed E-state index contributed by atoms with van der Waals surface area (Å²) in [4.78, 5) is 12.6. The number of hydrogen-bond donors (Lipinski definition) is 2. The molecule has 33 heavy (non-hydrogen) atoms. The van der Waals surface area contributed by atoms with Crippen LogP contribution >= 0.6 is 0 Å². The molecule has 0 heterocycles. The molecule has 3 aromatic rings. The molecule has 0 unspecified atom stereocenters. The van der Waals surface area contributed by atoms with Crippen molar-refractivity contribution in [2.24, 2.45) is 0 Å². The van der Waals surface area contributed by atoms with E-state index >= 15 is 0 Å². The fourth-order valence-electron chi connectivity index (χ4n) is 3.11. The largest absolute Gasteiger partial charge is 0.495 e. The molecule has 8 heteroatoms. The third kappa shape index (κ3) is 6.04. The van der Waals surface area contributed by atoms with Crippen molar-refractivity contribution in [2.75, 3.05) is 17.1 Å². The monoisotopic (exact) mass is 468 g/mol. The van der Waals surface area contributed by atoms with E-state index in [1.54, 1.807) is 19.1 Å². The van der Waals surface area contributed by atoms with E-state index in [2.05, 4.69) is 10.0 Å². The van der Waals surface area contributed by atoms with Crippen LogP contribution in [0.5, 0.6) is 11.5 Å². The number of nitrogens with one attached hydrogen (secondary N) is 2. The first-order chi connectivity index (χ1) is 15.6. The van der Waals surface area contributed by atoms with Crippen molar-refractivity contribution in [3.8, 4) is 11.5 Å². The summed E-state index contributed by atoms with van der Waals surface area (Å²) in [5, 5.41) is 2.74. The number of hydrogen-bond acceptors (Lipinski definition) is 5. The minimum atomic E-state index is -3.84.